The second-order valence-corrected chi connectivity index (χ2v) is 2.72. The van der Waals surface area contributed by atoms with Gasteiger partial charge in [-0.1, -0.05) is 11.6 Å². The van der Waals surface area contributed by atoms with Gasteiger partial charge in [0.2, 0.25) is 0 Å². The highest BCUT2D eigenvalue weighted by molar-refractivity contribution is 6.32. The number of halogens is 3. The minimum atomic E-state index is -2.71. The van der Waals surface area contributed by atoms with Crippen LogP contribution in [0, 0.1) is 0 Å². The molecule has 76 valence electrons. The van der Waals surface area contributed by atoms with E-state index in [4.69, 9.17) is 11.6 Å². The van der Waals surface area contributed by atoms with Crippen LogP contribution in [0.5, 0.6) is 0 Å². The first kappa shape index (κ1) is 10.8. The van der Waals surface area contributed by atoms with Crippen molar-refractivity contribution in [1.29, 1.82) is 0 Å². The van der Waals surface area contributed by atoms with Gasteiger partial charge in [-0.05, 0) is 12.1 Å². The Morgan fingerprint density at radius 2 is 2.21 bits per heavy atom. The molecule has 0 amide bonds. The zero-order chi connectivity index (χ0) is 10.7. The van der Waals surface area contributed by atoms with E-state index < -0.39 is 18.1 Å². The van der Waals surface area contributed by atoms with Crippen LogP contribution in [0.2, 0.25) is 5.15 Å². The van der Waals surface area contributed by atoms with Gasteiger partial charge in [-0.25, -0.2) is 18.6 Å². The highest BCUT2D eigenvalue weighted by Crippen LogP contribution is 2.21. The number of hydrogen-bond acceptors (Lipinski definition) is 3. The van der Waals surface area contributed by atoms with Gasteiger partial charge in [0, 0.05) is 0 Å². The lowest BCUT2D eigenvalue weighted by Crippen LogP contribution is -2.04. The lowest BCUT2D eigenvalue weighted by atomic mass is 10.2. The summed E-state index contributed by atoms with van der Waals surface area (Å²) < 4.78 is 28.6. The first-order valence-electron chi connectivity index (χ1n) is 3.59. The van der Waals surface area contributed by atoms with Crippen LogP contribution >= 0.6 is 11.6 Å². The zero-order valence-corrected chi connectivity index (χ0v) is 7.89. The van der Waals surface area contributed by atoms with Crippen molar-refractivity contribution < 1.29 is 18.3 Å². The first-order chi connectivity index (χ1) is 6.56. The third-order valence-corrected chi connectivity index (χ3v) is 1.79. The van der Waals surface area contributed by atoms with Gasteiger partial charge in [-0.15, -0.1) is 0 Å². The lowest BCUT2D eigenvalue weighted by Gasteiger charge is -2.03. The Labute approximate surface area is 83.7 Å². The number of hydrogen-bond donors (Lipinski definition) is 0. The SMILES string of the molecule is COC(=O)c1ccc(C(F)F)nc1Cl. The first-order valence-corrected chi connectivity index (χ1v) is 3.97. The van der Waals surface area contributed by atoms with E-state index in [0.29, 0.717) is 0 Å². The normalized spacial score (nSPS) is 10.4. The molecule has 0 atom stereocenters. The summed E-state index contributed by atoms with van der Waals surface area (Å²) in [7, 11) is 1.17. The fourth-order valence-electron chi connectivity index (χ4n) is 0.832. The van der Waals surface area contributed by atoms with Crippen LogP contribution in [0.15, 0.2) is 12.1 Å². The van der Waals surface area contributed by atoms with Crippen LogP contribution in [0.1, 0.15) is 22.5 Å². The summed E-state index contributed by atoms with van der Waals surface area (Å²) in [5.74, 6) is -0.705. The van der Waals surface area contributed by atoms with Crippen molar-refractivity contribution in [3.8, 4) is 0 Å². The fraction of sp³-hybridized carbons (Fsp3) is 0.250. The summed E-state index contributed by atoms with van der Waals surface area (Å²) in [5, 5.41) is -0.283. The minimum Gasteiger partial charge on any atom is -0.465 e. The number of aromatic nitrogens is 1. The second-order valence-electron chi connectivity index (χ2n) is 2.37. The average molecular weight is 222 g/mol. The largest absolute Gasteiger partial charge is 0.465 e. The molecule has 0 bridgehead atoms. The monoisotopic (exact) mass is 221 g/mol. The highest BCUT2D eigenvalue weighted by atomic mass is 35.5. The van der Waals surface area contributed by atoms with Crippen LogP contribution in [0.25, 0.3) is 0 Å². The lowest BCUT2D eigenvalue weighted by molar-refractivity contribution is 0.0600. The molecule has 0 N–H and O–H groups in total. The van der Waals surface area contributed by atoms with Gasteiger partial charge in [0.1, 0.15) is 10.8 Å². The summed E-state index contributed by atoms with van der Waals surface area (Å²) in [6, 6.07) is 2.19. The maximum atomic E-state index is 12.1. The van der Waals surface area contributed by atoms with Gasteiger partial charge >= 0.3 is 5.97 Å². The van der Waals surface area contributed by atoms with Crippen molar-refractivity contribution in [2.24, 2.45) is 0 Å². The molecule has 1 heterocycles. The van der Waals surface area contributed by atoms with Crippen molar-refractivity contribution in [2.45, 2.75) is 6.43 Å². The molecule has 0 aliphatic carbocycles. The summed E-state index contributed by atoms with van der Waals surface area (Å²) in [6.07, 6.45) is -2.71. The van der Waals surface area contributed by atoms with Crippen molar-refractivity contribution in [3.05, 3.63) is 28.5 Å². The van der Waals surface area contributed by atoms with Crippen LogP contribution < -0.4 is 0 Å². The number of rotatable bonds is 2. The van der Waals surface area contributed by atoms with Crippen molar-refractivity contribution >= 4 is 17.6 Å². The number of ether oxygens (including phenoxy) is 1. The number of nitrogens with zero attached hydrogens (tertiary/aromatic N) is 1. The molecule has 0 aliphatic rings. The van der Waals surface area contributed by atoms with Gasteiger partial charge in [0.15, 0.2) is 0 Å². The zero-order valence-electron chi connectivity index (χ0n) is 7.13. The molecule has 0 fully saturated rings. The predicted octanol–water partition coefficient (Wildman–Crippen LogP) is 2.46. The number of carbonyl (C=O) groups excluding carboxylic acids is 1. The maximum Gasteiger partial charge on any atom is 0.341 e. The Morgan fingerprint density at radius 3 is 2.64 bits per heavy atom. The number of alkyl halides is 2. The predicted molar refractivity (Wildman–Crippen MR) is 45.5 cm³/mol. The third-order valence-electron chi connectivity index (χ3n) is 1.50. The Kier molecular flexibility index (Phi) is 3.35. The molecule has 0 radical (unpaired) electrons. The Hall–Kier alpha value is -1.23. The molecular weight excluding hydrogens is 216 g/mol. The molecule has 1 rings (SSSR count). The molecule has 0 aliphatic heterocycles. The van der Waals surface area contributed by atoms with Gasteiger partial charge in [0.05, 0.1) is 12.7 Å². The topological polar surface area (TPSA) is 39.2 Å². The number of esters is 1. The molecule has 14 heavy (non-hydrogen) atoms. The van der Waals surface area contributed by atoms with Gasteiger partial charge in [0.25, 0.3) is 6.43 Å². The molecule has 0 unspecified atom stereocenters. The van der Waals surface area contributed by atoms with E-state index in [2.05, 4.69) is 9.72 Å². The number of pyridine rings is 1. The van der Waals surface area contributed by atoms with Crippen molar-refractivity contribution in [1.82, 2.24) is 4.98 Å². The number of methoxy groups -OCH3 is 1. The molecule has 3 nitrogen and oxygen atoms in total. The molecule has 6 heteroatoms. The summed E-state index contributed by atoms with van der Waals surface area (Å²) in [4.78, 5) is 14.3. The summed E-state index contributed by atoms with van der Waals surface area (Å²) >= 11 is 5.50. The van der Waals surface area contributed by atoms with Crippen LogP contribution in [-0.4, -0.2) is 18.1 Å². The molecule has 0 saturated heterocycles. The smallest absolute Gasteiger partial charge is 0.341 e. The molecule has 0 saturated carbocycles. The summed E-state index contributed by atoms with van der Waals surface area (Å²) in [6.45, 7) is 0. The molecule has 0 spiro atoms. The van der Waals surface area contributed by atoms with E-state index >= 15 is 0 Å². The van der Waals surface area contributed by atoms with Crippen molar-refractivity contribution in [2.75, 3.05) is 7.11 Å². The third kappa shape index (κ3) is 2.17. The second kappa shape index (κ2) is 4.32. The van der Waals surface area contributed by atoms with Gasteiger partial charge in [-0.2, -0.15) is 0 Å². The average Bonchev–Trinajstić information content (AvgIpc) is 2.16. The van der Waals surface area contributed by atoms with Crippen molar-refractivity contribution in [3.63, 3.8) is 0 Å². The van der Waals surface area contributed by atoms with E-state index in [1.165, 1.54) is 7.11 Å². The Balaban J connectivity index is 3.07. The Morgan fingerprint density at radius 1 is 1.57 bits per heavy atom. The molecule has 1 aromatic rings. The fourth-order valence-corrected chi connectivity index (χ4v) is 1.07. The maximum absolute atomic E-state index is 12.1. The van der Waals surface area contributed by atoms with E-state index in [0.717, 1.165) is 12.1 Å². The van der Waals surface area contributed by atoms with E-state index in [9.17, 15) is 13.6 Å². The van der Waals surface area contributed by atoms with Gasteiger partial charge < -0.3 is 4.74 Å². The molecule has 1 aromatic heterocycles. The van der Waals surface area contributed by atoms with Crippen LogP contribution in [0.3, 0.4) is 0 Å². The Bertz CT molecular complexity index is 357. The molecule has 0 aromatic carbocycles. The van der Waals surface area contributed by atoms with Crippen LogP contribution in [0.4, 0.5) is 8.78 Å². The highest BCUT2D eigenvalue weighted by Gasteiger charge is 2.15. The van der Waals surface area contributed by atoms with Crippen LogP contribution in [-0.2, 0) is 4.74 Å². The standard InChI is InChI=1S/C8H6ClF2NO2/c1-14-8(13)4-2-3-5(7(10)11)12-6(4)9/h2-3,7H,1H3. The van der Waals surface area contributed by atoms with E-state index in [1.807, 2.05) is 0 Å². The van der Waals surface area contributed by atoms with E-state index in [1.54, 1.807) is 0 Å². The van der Waals surface area contributed by atoms with Gasteiger partial charge in [-0.3, -0.25) is 0 Å². The minimum absolute atomic E-state index is 0.0291. The number of carbonyl (C=O) groups is 1. The summed E-state index contributed by atoms with van der Waals surface area (Å²) in [5.41, 5.74) is -0.499. The molecular formula is C8H6ClF2NO2. The quantitative estimate of drug-likeness (QED) is 0.569. The van der Waals surface area contributed by atoms with E-state index in [-0.39, 0.29) is 10.7 Å².